The normalized spacial score (nSPS) is 11.2. The third-order valence-corrected chi connectivity index (χ3v) is 4.29. The van der Waals surface area contributed by atoms with Crippen molar-refractivity contribution < 1.29 is 4.79 Å². The van der Waals surface area contributed by atoms with Crippen LogP contribution in [0.25, 0.3) is 0 Å². The van der Waals surface area contributed by atoms with Gasteiger partial charge in [0.1, 0.15) is 0 Å². The summed E-state index contributed by atoms with van der Waals surface area (Å²) in [6.45, 7) is 9.52. The van der Waals surface area contributed by atoms with Gasteiger partial charge in [-0.15, -0.1) is 0 Å². The number of amides is 2. The van der Waals surface area contributed by atoms with Gasteiger partial charge >= 0.3 is 6.03 Å². The van der Waals surface area contributed by atoms with Crippen molar-refractivity contribution in [1.82, 2.24) is 4.90 Å². The molecule has 0 atom stereocenters. The summed E-state index contributed by atoms with van der Waals surface area (Å²) in [7, 11) is -1.89. The van der Waals surface area contributed by atoms with Gasteiger partial charge in [-0.25, -0.2) is 4.79 Å². The molecular weight excluding hydrogens is 276 g/mol. The van der Waals surface area contributed by atoms with Crippen molar-refractivity contribution in [2.75, 3.05) is 24.2 Å². The molecule has 0 saturated carbocycles. The molecule has 0 radical (unpaired) electrons. The fraction of sp³-hybridized carbons (Fsp3) is 0.500. The van der Waals surface area contributed by atoms with Gasteiger partial charge in [-0.1, -0.05) is 31.3 Å². The van der Waals surface area contributed by atoms with E-state index in [1.165, 1.54) is 0 Å². The lowest BCUT2D eigenvalue weighted by Gasteiger charge is -2.32. The number of carbonyl (C=O) groups excluding carboxylic acids is 1. The number of halogens is 1. The van der Waals surface area contributed by atoms with Crippen molar-refractivity contribution in [3.63, 3.8) is 0 Å². The maximum Gasteiger partial charge on any atom is 0.324 e. The van der Waals surface area contributed by atoms with Crippen LogP contribution in [0.4, 0.5) is 10.5 Å². The lowest BCUT2D eigenvalue weighted by Crippen LogP contribution is -2.49. The Hall–Kier alpha value is -1.00. The highest BCUT2D eigenvalue weighted by Gasteiger charge is 2.28. The van der Waals surface area contributed by atoms with Crippen LogP contribution in [0.2, 0.25) is 13.1 Å². The molecule has 2 amide bonds. The fourth-order valence-corrected chi connectivity index (χ4v) is 3.35. The Kier molecular flexibility index (Phi) is 5.88. The molecular formula is C14H23ClN2OSi. The Bertz CT molecular complexity index is 402. The smallest absolute Gasteiger partial charge is 0.324 e. The van der Waals surface area contributed by atoms with Gasteiger partial charge in [-0.2, -0.15) is 11.1 Å². The second kappa shape index (κ2) is 6.96. The van der Waals surface area contributed by atoms with E-state index in [0.29, 0.717) is 19.3 Å². The fourth-order valence-electron chi connectivity index (χ4n) is 1.92. The Morgan fingerprint density at radius 1 is 1.16 bits per heavy atom. The number of anilines is 1. The number of hydrogen-bond donors (Lipinski definition) is 0. The summed E-state index contributed by atoms with van der Waals surface area (Å²) in [5.41, 5.74) is 0.917. The summed E-state index contributed by atoms with van der Waals surface area (Å²) in [6, 6.07) is 9.79. The summed E-state index contributed by atoms with van der Waals surface area (Å²) < 4.78 is 0. The van der Waals surface area contributed by atoms with Gasteiger partial charge in [-0.3, -0.25) is 4.90 Å². The first kappa shape index (κ1) is 16.1. The molecule has 0 saturated heterocycles. The zero-order valence-corrected chi connectivity index (χ0v) is 13.9. The van der Waals surface area contributed by atoms with Crippen molar-refractivity contribution in [3.8, 4) is 0 Å². The molecule has 1 rings (SSSR count). The van der Waals surface area contributed by atoms with E-state index in [0.717, 1.165) is 5.69 Å². The summed E-state index contributed by atoms with van der Waals surface area (Å²) >= 11 is 6.44. The lowest BCUT2D eigenvalue weighted by molar-refractivity contribution is 0.211. The van der Waals surface area contributed by atoms with Crippen molar-refractivity contribution in [3.05, 3.63) is 30.3 Å². The van der Waals surface area contributed by atoms with Crippen LogP contribution >= 0.6 is 11.1 Å². The van der Waals surface area contributed by atoms with Crippen molar-refractivity contribution in [2.45, 2.75) is 26.9 Å². The molecule has 0 aromatic heterocycles. The predicted molar refractivity (Wildman–Crippen MR) is 85.4 cm³/mol. The average molecular weight is 299 g/mol. The number of para-hydroxylation sites is 1. The molecule has 0 bridgehead atoms. The summed E-state index contributed by atoms with van der Waals surface area (Å²) in [5, 5.41) is 0. The number of carbonyl (C=O) groups is 1. The van der Waals surface area contributed by atoms with Crippen LogP contribution in [0.5, 0.6) is 0 Å². The molecule has 5 heteroatoms. The number of nitrogens with zero attached hydrogens (tertiary/aromatic N) is 2. The third kappa shape index (κ3) is 4.88. The van der Waals surface area contributed by atoms with Crippen LogP contribution in [-0.2, 0) is 0 Å². The Labute approximate surface area is 121 Å². The van der Waals surface area contributed by atoms with Gasteiger partial charge < -0.3 is 4.90 Å². The van der Waals surface area contributed by atoms with E-state index in [2.05, 4.69) is 13.1 Å². The van der Waals surface area contributed by atoms with Crippen LogP contribution < -0.4 is 4.90 Å². The zero-order valence-electron chi connectivity index (χ0n) is 12.2. The van der Waals surface area contributed by atoms with E-state index in [4.69, 9.17) is 11.1 Å². The van der Waals surface area contributed by atoms with E-state index in [1.807, 2.05) is 54.0 Å². The maximum atomic E-state index is 12.6. The Morgan fingerprint density at radius 3 is 2.11 bits per heavy atom. The van der Waals surface area contributed by atoms with E-state index in [9.17, 15) is 4.79 Å². The number of urea groups is 1. The number of hydrogen-bond acceptors (Lipinski definition) is 1. The number of rotatable bonds is 5. The van der Waals surface area contributed by atoms with Crippen LogP contribution in [-0.4, -0.2) is 37.6 Å². The predicted octanol–water partition coefficient (Wildman–Crippen LogP) is 3.94. The van der Waals surface area contributed by atoms with E-state index in [1.54, 1.807) is 0 Å². The minimum absolute atomic E-state index is 0.0393. The van der Waals surface area contributed by atoms with Gasteiger partial charge in [0, 0.05) is 24.9 Å². The highest BCUT2D eigenvalue weighted by molar-refractivity contribution is 7.19. The van der Waals surface area contributed by atoms with Crippen LogP contribution in [0.3, 0.4) is 0 Å². The van der Waals surface area contributed by atoms with Crippen LogP contribution in [0.15, 0.2) is 30.3 Å². The quantitative estimate of drug-likeness (QED) is 0.596. The van der Waals surface area contributed by atoms with Gasteiger partial charge in [0.25, 0.3) is 0 Å². The van der Waals surface area contributed by atoms with Crippen LogP contribution in [0, 0.1) is 0 Å². The van der Waals surface area contributed by atoms with E-state index < -0.39 is 7.38 Å². The van der Waals surface area contributed by atoms with Gasteiger partial charge in [-0.05, 0) is 26.0 Å². The zero-order chi connectivity index (χ0) is 14.5. The van der Waals surface area contributed by atoms with E-state index >= 15 is 0 Å². The Balaban J connectivity index is 3.03. The molecule has 0 spiro atoms. The average Bonchev–Trinajstić information content (AvgIpc) is 2.37. The molecule has 0 fully saturated rings. The molecule has 19 heavy (non-hydrogen) atoms. The van der Waals surface area contributed by atoms with Gasteiger partial charge in [0.05, 0.1) is 0 Å². The molecule has 3 nitrogen and oxygen atoms in total. The summed E-state index contributed by atoms with van der Waals surface area (Å²) in [5.74, 6) is 0. The lowest BCUT2D eigenvalue weighted by atomic mass is 10.3. The molecule has 0 N–H and O–H groups in total. The largest absolute Gasteiger partial charge is 0.325 e. The summed E-state index contributed by atoms with van der Waals surface area (Å²) in [6.07, 6.45) is 0.619. The SMILES string of the molecule is CCN(CC)C(=O)N(C[Si](C)(C)Cl)c1ccccc1. The highest BCUT2D eigenvalue weighted by atomic mass is 35.6. The van der Waals surface area contributed by atoms with Crippen molar-refractivity contribution in [1.29, 1.82) is 0 Å². The first-order valence-electron chi connectivity index (χ1n) is 6.69. The molecule has 0 unspecified atom stereocenters. The highest BCUT2D eigenvalue weighted by Crippen LogP contribution is 2.20. The maximum absolute atomic E-state index is 12.6. The third-order valence-electron chi connectivity index (χ3n) is 2.87. The summed E-state index contributed by atoms with van der Waals surface area (Å²) in [4.78, 5) is 16.2. The second-order valence-corrected chi connectivity index (χ2v) is 11.9. The van der Waals surface area contributed by atoms with Gasteiger partial charge in [0.2, 0.25) is 0 Å². The van der Waals surface area contributed by atoms with E-state index in [-0.39, 0.29) is 6.03 Å². The first-order chi connectivity index (χ1) is 8.89. The minimum atomic E-state index is -1.89. The molecule has 1 aromatic carbocycles. The van der Waals surface area contributed by atoms with Crippen molar-refractivity contribution >= 4 is 30.2 Å². The molecule has 0 aliphatic rings. The first-order valence-corrected chi connectivity index (χ1v) is 10.9. The topological polar surface area (TPSA) is 23.6 Å². The van der Waals surface area contributed by atoms with Crippen LogP contribution in [0.1, 0.15) is 13.8 Å². The monoisotopic (exact) mass is 298 g/mol. The number of benzene rings is 1. The second-order valence-electron chi connectivity index (χ2n) is 5.10. The standard InChI is InChI=1S/C14H23ClN2OSi/c1-5-16(6-2)14(18)17(12-19(3,4)15)13-10-8-7-9-11-13/h7-11H,5-6,12H2,1-4H3. The van der Waals surface area contributed by atoms with Gasteiger partial charge in [0.15, 0.2) is 7.38 Å². The molecule has 0 aliphatic carbocycles. The van der Waals surface area contributed by atoms with Crippen molar-refractivity contribution in [2.24, 2.45) is 0 Å². The molecule has 0 aliphatic heterocycles. The minimum Gasteiger partial charge on any atom is -0.325 e. The Morgan fingerprint density at radius 2 is 1.68 bits per heavy atom. The molecule has 106 valence electrons. The molecule has 0 heterocycles. The molecule has 1 aromatic rings.